The Bertz CT molecular complexity index is 799. The minimum absolute atomic E-state index is 0.410. The predicted octanol–water partition coefficient (Wildman–Crippen LogP) is 3.12. The van der Waals surface area contributed by atoms with Crippen molar-refractivity contribution in [3.8, 4) is 17.1 Å². The Labute approximate surface area is 133 Å². The fourth-order valence-electron chi connectivity index (χ4n) is 2.04. The summed E-state index contributed by atoms with van der Waals surface area (Å²) in [5.74, 6) is 1.29. The molecule has 1 heterocycles. The maximum absolute atomic E-state index is 5.37. The van der Waals surface area contributed by atoms with Crippen LogP contribution in [0.4, 0.5) is 0 Å². The van der Waals surface area contributed by atoms with E-state index in [1.165, 1.54) is 0 Å². The number of hydrogen-bond donors (Lipinski definition) is 1. The van der Waals surface area contributed by atoms with Crippen LogP contribution in [0.5, 0.6) is 5.75 Å². The van der Waals surface area contributed by atoms with Crippen LogP contribution in [0.2, 0.25) is 0 Å². The fourth-order valence-corrected chi connectivity index (χ4v) is 2.23. The third kappa shape index (κ3) is 2.87. The highest BCUT2D eigenvalue weighted by Gasteiger charge is 2.14. The van der Waals surface area contributed by atoms with Crippen LogP contribution < -0.4 is 4.74 Å². The molecule has 5 nitrogen and oxygen atoms in total. The summed E-state index contributed by atoms with van der Waals surface area (Å²) in [5, 5.41) is 13.0. The lowest BCUT2D eigenvalue weighted by Crippen LogP contribution is -1.97. The minimum Gasteiger partial charge on any atom is -0.496 e. The topological polar surface area (TPSA) is 52.3 Å². The molecule has 3 aromatic rings. The number of thiol groups is 1. The second-order valence-electron chi connectivity index (χ2n) is 4.49. The Morgan fingerprint density at radius 3 is 2.55 bits per heavy atom. The molecular formula is C16H14N4OS. The van der Waals surface area contributed by atoms with Crippen molar-refractivity contribution in [1.82, 2.24) is 14.9 Å². The smallest absolute Gasteiger partial charge is 0.209 e. The SMILES string of the molecule is COc1ccccc1-c1nnc(S)n1N=Cc1ccccc1. The Balaban J connectivity index is 2.03. The maximum atomic E-state index is 5.37. The lowest BCUT2D eigenvalue weighted by Gasteiger charge is -2.07. The summed E-state index contributed by atoms with van der Waals surface area (Å²) >= 11 is 4.31. The second kappa shape index (κ2) is 6.44. The summed E-state index contributed by atoms with van der Waals surface area (Å²) in [4.78, 5) is 0. The van der Waals surface area contributed by atoms with Gasteiger partial charge in [-0.25, -0.2) is 0 Å². The van der Waals surface area contributed by atoms with Crippen molar-refractivity contribution < 1.29 is 4.74 Å². The van der Waals surface area contributed by atoms with Gasteiger partial charge in [0.1, 0.15) is 5.75 Å². The molecule has 2 aromatic carbocycles. The van der Waals surface area contributed by atoms with Crippen molar-refractivity contribution in [2.24, 2.45) is 5.10 Å². The number of hydrogen-bond acceptors (Lipinski definition) is 5. The van der Waals surface area contributed by atoms with Crippen molar-refractivity contribution in [3.63, 3.8) is 0 Å². The molecule has 0 atom stereocenters. The van der Waals surface area contributed by atoms with Crippen molar-refractivity contribution in [3.05, 3.63) is 60.2 Å². The Hall–Kier alpha value is -2.60. The number of benzene rings is 2. The van der Waals surface area contributed by atoms with Gasteiger partial charge in [-0.05, 0) is 17.7 Å². The van der Waals surface area contributed by atoms with E-state index in [-0.39, 0.29) is 0 Å². The molecule has 3 rings (SSSR count). The molecule has 1 aromatic heterocycles. The second-order valence-corrected chi connectivity index (χ2v) is 4.89. The molecule has 0 bridgehead atoms. The van der Waals surface area contributed by atoms with Crippen LogP contribution in [0.3, 0.4) is 0 Å². The molecule has 0 saturated carbocycles. The molecule has 0 aliphatic rings. The zero-order valence-electron chi connectivity index (χ0n) is 11.9. The van der Waals surface area contributed by atoms with E-state index in [1.54, 1.807) is 18.0 Å². The van der Waals surface area contributed by atoms with Crippen molar-refractivity contribution in [1.29, 1.82) is 0 Å². The molecule has 0 radical (unpaired) electrons. The van der Waals surface area contributed by atoms with E-state index in [0.717, 1.165) is 11.1 Å². The van der Waals surface area contributed by atoms with Gasteiger partial charge in [-0.1, -0.05) is 42.5 Å². The van der Waals surface area contributed by atoms with Crippen LogP contribution in [0, 0.1) is 0 Å². The predicted molar refractivity (Wildman–Crippen MR) is 88.7 cm³/mol. The number of nitrogens with zero attached hydrogens (tertiary/aromatic N) is 4. The van der Waals surface area contributed by atoms with Crippen LogP contribution in [-0.2, 0) is 0 Å². The van der Waals surface area contributed by atoms with Gasteiger partial charge >= 0.3 is 0 Å². The number of aromatic nitrogens is 3. The number of methoxy groups -OCH3 is 1. The molecule has 0 aliphatic carbocycles. The molecule has 0 spiro atoms. The first-order chi connectivity index (χ1) is 10.8. The Kier molecular flexibility index (Phi) is 4.20. The lowest BCUT2D eigenvalue weighted by atomic mass is 10.2. The van der Waals surface area contributed by atoms with Crippen LogP contribution in [-0.4, -0.2) is 28.2 Å². The van der Waals surface area contributed by atoms with Crippen molar-refractivity contribution in [2.75, 3.05) is 7.11 Å². The van der Waals surface area contributed by atoms with Crippen molar-refractivity contribution in [2.45, 2.75) is 5.16 Å². The largest absolute Gasteiger partial charge is 0.496 e. The van der Waals surface area contributed by atoms with Crippen LogP contribution in [0.1, 0.15) is 5.56 Å². The van der Waals surface area contributed by atoms with Gasteiger partial charge in [-0.15, -0.1) is 22.8 Å². The molecule has 0 saturated heterocycles. The molecule has 0 fully saturated rings. The summed E-state index contributed by atoms with van der Waals surface area (Å²) in [6.07, 6.45) is 1.74. The third-order valence-corrected chi connectivity index (χ3v) is 3.37. The molecule has 0 aliphatic heterocycles. The van der Waals surface area contributed by atoms with Gasteiger partial charge in [-0.2, -0.15) is 9.78 Å². The van der Waals surface area contributed by atoms with E-state index < -0.39 is 0 Å². The van der Waals surface area contributed by atoms with E-state index in [9.17, 15) is 0 Å². The number of rotatable bonds is 4. The molecule has 0 unspecified atom stereocenters. The summed E-state index contributed by atoms with van der Waals surface area (Å²) < 4.78 is 6.95. The molecule has 110 valence electrons. The van der Waals surface area contributed by atoms with Gasteiger partial charge in [0.05, 0.1) is 18.9 Å². The van der Waals surface area contributed by atoms with Crippen LogP contribution in [0.15, 0.2) is 64.9 Å². The molecular weight excluding hydrogens is 296 g/mol. The number of ether oxygens (including phenoxy) is 1. The normalized spacial score (nSPS) is 11.0. The summed E-state index contributed by atoms with van der Waals surface area (Å²) in [5.41, 5.74) is 1.79. The lowest BCUT2D eigenvalue weighted by molar-refractivity contribution is 0.416. The summed E-state index contributed by atoms with van der Waals surface area (Å²) in [6.45, 7) is 0. The van der Waals surface area contributed by atoms with Gasteiger partial charge in [0, 0.05) is 0 Å². The van der Waals surface area contributed by atoms with Gasteiger partial charge < -0.3 is 4.74 Å². The van der Waals surface area contributed by atoms with E-state index in [4.69, 9.17) is 4.74 Å². The van der Waals surface area contributed by atoms with E-state index in [2.05, 4.69) is 27.9 Å². The first kappa shape index (κ1) is 14.3. The highest BCUT2D eigenvalue weighted by atomic mass is 32.1. The zero-order chi connectivity index (χ0) is 15.4. The quantitative estimate of drug-likeness (QED) is 0.595. The standard InChI is InChI=1S/C16H14N4OS/c1-21-14-10-6-5-9-13(14)15-18-19-16(22)20(15)17-11-12-7-3-2-4-8-12/h2-11H,1H3,(H,19,22). The molecule has 0 amide bonds. The minimum atomic E-state index is 0.410. The average molecular weight is 310 g/mol. The summed E-state index contributed by atoms with van der Waals surface area (Å²) in [7, 11) is 1.62. The maximum Gasteiger partial charge on any atom is 0.209 e. The molecule has 6 heteroatoms. The third-order valence-electron chi connectivity index (χ3n) is 3.09. The van der Waals surface area contributed by atoms with Gasteiger partial charge in [0.25, 0.3) is 0 Å². The van der Waals surface area contributed by atoms with E-state index in [0.29, 0.717) is 16.7 Å². The Morgan fingerprint density at radius 2 is 1.77 bits per heavy atom. The fraction of sp³-hybridized carbons (Fsp3) is 0.0625. The Morgan fingerprint density at radius 1 is 1.05 bits per heavy atom. The average Bonchev–Trinajstić information content (AvgIpc) is 2.94. The van der Waals surface area contributed by atoms with Gasteiger partial charge in [0.2, 0.25) is 5.16 Å². The van der Waals surface area contributed by atoms with E-state index >= 15 is 0 Å². The van der Waals surface area contributed by atoms with Crippen LogP contribution in [0.25, 0.3) is 11.4 Å². The molecule has 0 N–H and O–H groups in total. The number of para-hydroxylation sites is 1. The molecule has 22 heavy (non-hydrogen) atoms. The first-order valence-electron chi connectivity index (χ1n) is 6.67. The monoisotopic (exact) mass is 310 g/mol. The van der Waals surface area contributed by atoms with Gasteiger partial charge in [0.15, 0.2) is 5.82 Å². The van der Waals surface area contributed by atoms with E-state index in [1.807, 2.05) is 54.6 Å². The van der Waals surface area contributed by atoms with Gasteiger partial charge in [-0.3, -0.25) is 0 Å². The highest BCUT2D eigenvalue weighted by molar-refractivity contribution is 7.80. The first-order valence-corrected chi connectivity index (χ1v) is 7.11. The highest BCUT2D eigenvalue weighted by Crippen LogP contribution is 2.29. The van der Waals surface area contributed by atoms with Crippen LogP contribution >= 0.6 is 12.6 Å². The summed E-state index contributed by atoms with van der Waals surface area (Å²) in [6, 6.07) is 17.4. The van der Waals surface area contributed by atoms with Crippen molar-refractivity contribution >= 4 is 18.8 Å². The zero-order valence-corrected chi connectivity index (χ0v) is 12.8.